The number of hydrogen-bond donors (Lipinski definition) is 1. The van der Waals surface area contributed by atoms with Gasteiger partial charge in [-0.1, -0.05) is 13.8 Å². The number of nitrogens with zero attached hydrogens (tertiary/aromatic N) is 2. The normalized spacial score (nSPS) is 21.9. The van der Waals surface area contributed by atoms with Crippen LogP contribution in [0.15, 0.2) is 0 Å². The molecule has 0 saturated carbocycles. The lowest BCUT2D eigenvalue weighted by Gasteiger charge is -2.19. The highest BCUT2D eigenvalue weighted by Gasteiger charge is 2.33. The first-order valence-corrected chi connectivity index (χ1v) is 5.72. The van der Waals surface area contributed by atoms with Gasteiger partial charge in [0.05, 0.1) is 6.04 Å². The maximum Gasteiger partial charge on any atom is 0.320 e. The highest BCUT2D eigenvalue weighted by atomic mass is 16.2. The summed E-state index contributed by atoms with van der Waals surface area (Å²) < 4.78 is 0. The Morgan fingerprint density at radius 1 is 1.53 bits per heavy atom. The number of amides is 2. The van der Waals surface area contributed by atoms with Crippen LogP contribution in [0.2, 0.25) is 0 Å². The molecule has 0 aromatic heterocycles. The minimum absolute atomic E-state index is 0.177. The summed E-state index contributed by atoms with van der Waals surface area (Å²) in [6.07, 6.45) is 1.10. The lowest BCUT2D eigenvalue weighted by atomic mass is 10.0. The standard InChI is InChI=1S/C11H23N3O/c1-9(2)7-10-8-14(6-5-12-3)11(15)13(10)4/h9-10,12H,5-8H2,1-4H3. The molecule has 1 aliphatic heterocycles. The predicted octanol–water partition coefficient (Wildman–Crippen LogP) is 0.988. The van der Waals surface area contributed by atoms with E-state index in [0.717, 1.165) is 26.1 Å². The molecule has 1 fully saturated rings. The van der Waals surface area contributed by atoms with Crippen LogP contribution in [-0.4, -0.2) is 55.6 Å². The average Bonchev–Trinajstić information content (AvgIpc) is 2.42. The van der Waals surface area contributed by atoms with E-state index in [1.807, 2.05) is 23.9 Å². The Labute approximate surface area is 92.6 Å². The average molecular weight is 213 g/mol. The fourth-order valence-corrected chi connectivity index (χ4v) is 2.04. The van der Waals surface area contributed by atoms with E-state index in [-0.39, 0.29) is 6.03 Å². The molecule has 0 spiro atoms. The number of nitrogens with one attached hydrogen (secondary N) is 1. The second-order valence-electron chi connectivity index (χ2n) is 4.73. The Bertz CT molecular complexity index is 218. The van der Waals surface area contributed by atoms with E-state index in [2.05, 4.69) is 19.2 Å². The van der Waals surface area contributed by atoms with Crippen molar-refractivity contribution in [1.29, 1.82) is 0 Å². The van der Waals surface area contributed by atoms with Crippen LogP contribution in [0, 0.1) is 5.92 Å². The van der Waals surface area contributed by atoms with E-state index in [4.69, 9.17) is 0 Å². The molecule has 88 valence electrons. The molecule has 1 saturated heterocycles. The van der Waals surface area contributed by atoms with E-state index >= 15 is 0 Å². The Kier molecular flexibility index (Phi) is 4.39. The molecule has 1 unspecified atom stereocenters. The summed E-state index contributed by atoms with van der Waals surface area (Å²) in [5.74, 6) is 0.648. The third-order valence-electron chi connectivity index (χ3n) is 2.93. The Morgan fingerprint density at radius 3 is 2.73 bits per heavy atom. The zero-order chi connectivity index (χ0) is 11.4. The van der Waals surface area contributed by atoms with Crippen molar-refractivity contribution >= 4 is 6.03 Å². The van der Waals surface area contributed by atoms with E-state index < -0.39 is 0 Å². The van der Waals surface area contributed by atoms with Gasteiger partial charge in [0.15, 0.2) is 0 Å². The molecule has 1 rings (SSSR count). The smallest absolute Gasteiger partial charge is 0.320 e. The number of carbonyl (C=O) groups excluding carboxylic acids is 1. The SMILES string of the molecule is CNCCN1CC(CC(C)C)N(C)C1=O. The van der Waals surface area contributed by atoms with Gasteiger partial charge in [0.25, 0.3) is 0 Å². The summed E-state index contributed by atoms with van der Waals surface area (Å²) in [6.45, 7) is 6.97. The highest BCUT2D eigenvalue weighted by molar-refractivity contribution is 5.76. The number of rotatable bonds is 5. The quantitative estimate of drug-likeness (QED) is 0.739. The minimum atomic E-state index is 0.177. The molecule has 1 heterocycles. The largest absolute Gasteiger partial charge is 0.323 e. The first kappa shape index (κ1) is 12.3. The number of carbonyl (C=O) groups is 1. The zero-order valence-electron chi connectivity index (χ0n) is 10.3. The van der Waals surface area contributed by atoms with Gasteiger partial charge in [0.2, 0.25) is 0 Å². The minimum Gasteiger partial charge on any atom is -0.323 e. The van der Waals surface area contributed by atoms with Crippen LogP contribution in [0.25, 0.3) is 0 Å². The fraction of sp³-hybridized carbons (Fsp3) is 0.909. The molecular weight excluding hydrogens is 190 g/mol. The molecular formula is C11H23N3O. The lowest BCUT2D eigenvalue weighted by molar-refractivity contribution is 0.194. The monoisotopic (exact) mass is 213 g/mol. The van der Waals surface area contributed by atoms with Gasteiger partial charge < -0.3 is 15.1 Å². The van der Waals surface area contributed by atoms with Crippen LogP contribution >= 0.6 is 0 Å². The van der Waals surface area contributed by atoms with E-state index in [1.165, 1.54) is 0 Å². The molecule has 4 heteroatoms. The summed E-state index contributed by atoms with van der Waals surface area (Å²) in [6, 6.07) is 0.574. The second-order valence-corrected chi connectivity index (χ2v) is 4.73. The summed E-state index contributed by atoms with van der Waals surface area (Å²) in [5.41, 5.74) is 0. The van der Waals surface area contributed by atoms with Crippen molar-refractivity contribution in [3.63, 3.8) is 0 Å². The van der Waals surface area contributed by atoms with Crippen molar-refractivity contribution in [3.8, 4) is 0 Å². The van der Waals surface area contributed by atoms with Gasteiger partial charge in [0.1, 0.15) is 0 Å². The van der Waals surface area contributed by atoms with Crippen LogP contribution in [-0.2, 0) is 0 Å². The van der Waals surface area contributed by atoms with Gasteiger partial charge in [-0.25, -0.2) is 4.79 Å². The second kappa shape index (κ2) is 5.35. The molecule has 0 aromatic carbocycles. The van der Waals surface area contributed by atoms with Gasteiger partial charge in [-0.05, 0) is 19.4 Å². The number of likely N-dealkylation sites (N-methyl/N-ethyl adjacent to an activating group) is 2. The summed E-state index contributed by atoms with van der Waals surface area (Å²) in [4.78, 5) is 15.6. The molecule has 4 nitrogen and oxygen atoms in total. The maximum atomic E-state index is 11.8. The third-order valence-corrected chi connectivity index (χ3v) is 2.93. The molecule has 0 aliphatic carbocycles. The molecule has 0 bridgehead atoms. The summed E-state index contributed by atoms with van der Waals surface area (Å²) in [7, 11) is 3.82. The molecule has 1 aliphatic rings. The topological polar surface area (TPSA) is 35.6 Å². The molecule has 0 aromatic rings. The van der Waals surface area contributed by atoms with Crippen molar-refractivity contribution in [2.24, 2.45) is 5.92 Å². The van der Waals surface area contributed by atoms with Gasteiger partial charge in [-0.3, -0.25) is 0 Å². The van der Waals surface area contributed by atoms with Crippen LogP contribution < -0.4 is 5.32 Å². The number of hydrogen-bond acceptors (Lipinski definition) is 2. The van der Waals surface area contributed by atoms with Crippen molar-refractivity contribution in [1.82, 2.24) is 15.1 Å². The summed E-state index contributed by atoms with van der Waals surface area (Å²) >= 11 is 0. The molecule has 1 atom stereocenters. The van der Waals surface area contributed by atoms with Gasteiger partial charge in [-0.2, -0.15) is 0 Å². The van der Waals surface area contributed by atoms with Crippen molar-refractivity contribution < 1.29 is 4.79 Å². The van der Waals surface area contributed by atoms with E-state index in [1.54, 1.807) is 0 Å². The molecule has 15 heavy (non-hydrogen) atoms. The van der Waals surface area contributed by atoms with Crippen LogP contribution in [0.3, 0.4) is 0 Å². The Morgan fingerprint density at radius 2 is 2.20 bits per heavy atom. The van der Waals surface area contributed by atoms with Crippen LogP contribution in [0.4, 0.5) is 4.79 Å². The van der Waals surface area contributed by atoms with Crippen LogP contribution in [0.1, 0.15) is 20.3 Å². The predicted molar refractivity (Wildman–Crippen MR) is 61.9 cm³/mol. The van der Waals surface area contributed by atoms with Crippen molar-refractivity contribution in [3.05, 3.63) is 0 Å². The Balaban J connectivity index is 2.47. The van der Waals surface area contributed by atoms with Gasteiger partial charge >= 0.3 is 6.03 Å². The number of urea groups is 1. The van der Waals surface area contributed by atoms with Gasteiger partial charge in [0, 0.05) is 26.7 Å². The zero-order valence-corrected chi connectivity index (χ0v) is 10.3. The first-order chi connectivity index (χ1) is 7.06. The molecule has 1 N–H and O–H groups in total. The molecule has 2 amide bonds. The van der Waals surface area contributed by atoms with Gasteiger partial charge in [-0.15, -0.1) is 0 Å². The van der Waals surface area contributed by atoms with Crippen molar-refractivity contribution in [2.75, 3.05) is 33.7 Å². The van der Waals surface area contributed by atoms with Crippen molar-refractivity contribution in [2.45, 2.75) is 26.3 Å². The van der Waals surface area contributed by atoms with E-state index in [0.29, 0.717) is 12.0 Å². The first-order valence-electron chi connectivity index (χ1n) is 5.72. The maximum absolute atomic E-state index is 11.8. The fourth-order valence-electron chi connectivity index (χ4n) is 2.04. The Hall–Kier alpha value is -0.770. The lowest BCUT2D eigenvalue weighted by Crippen LogP contribution is -2.34. The molecule has 0 radical (unpaired) electrons. The third kappa shape index (κ3) is 3.09. The van der Waals surface area contributed by atoms with Crippen LogP contribution in [0.5, 0.6) is 0 Å². The summed E-state index contributed by atoms with van der Waals surface area (Å²) in [5, 5.41) is 3.07. The van der Waals surface area contributed by atoms with E-state index in [9.17, 15) is 4.79 Å². The highest BCUT2D eigenvalue weighted by Crippen LogP contribution is 2.19.